The fourth-order valence-electron chi connectivity index (χ4n) is 3.51. The molecule has 1 aliphatic heterocycles. The molecular formula is C21H21F3N6O. The maximum absolute atomic E-state index is 12.8. The highest BCUT2D eigenvalue weighted by atomic mass is 19.4. The fraction of sp³-hybridized carbons (Fsp3) is 0.333. The van der Waals surface area contributed by atoms with Crippen LogP contribution >= 0.6 is 0 Å². The molecule has 0 bridgehead atoms. The Morgan fingerprint density at radius 3 is 2.42 bits per heavy atom. The molecule has 4 rings (SSSR count). The number of alkyl halides is 3. The Hall–Kier alpha value is -3.27. The summed E-state index contributed by atoms with van der Waals surface area (Å²) in [5.41, 5.74) is -0.00139. The summed E-state index contributed by atoms with van der Waals surface area (Å²) < 4.78 is 38.4. The molecule has 0 aromatic carbocycles. The van der Waals surface area contributed by atoms with Gasteiger partial charge < -0.3 is 15.1 Å². The van der Waals surface area contributed by atoms with Crippen molar-refractivity contribution in [3.05, 3.63) is 42.4 Å². The van der Waals surface area contributed by atoms with E-state index in [2.05, 4.69) is 37.1 Å². The largest absolute Gasteiger partial charge is 0.433 e. The summed E-state index contributed by atoms with van der Waals surface area (Å²) in [6, 6.07) is 5.79. The van der Waals surface area contributed by atoms with Crippen molar-refractivity contribution < 1.29 is 18.0 Å². The Bertz CT molecular complexity index is 1110. The van der Waals surface area contributed by atoms with Gasteiger partial charge in [-0.3, -0.25) is 14.8 Å². The van der Waals surface area contributed by atoms with Crippen LogP contribution in [0.3, 0.4) is 0 Å². The number of aromatic nitrogens is 3. The zero-order valence-electron chi connectivity index (χ0n) is 17.1. The van der Waals surface area contributed by atoms with Crippen LogP contribution in [-0.4, -0.2) is 59.0 Å². The van der Waals surface area contributed by atoms with Gasteiger partial charge in [-0.1, -0.05) is 0 Å². The predicted molar refractivity (Wildman–Crippen MR) is 112 cm³/mol. The number of hydrogen-bond donors (Lipinski definition) is 1. The Kier molecular flexibility index (Phi) is 5.48. The molecule has 0 atom stereocenters. The summed E-state index contributed by atoms with van der Waals surface area (Å²) >= 11 is 0. The number of hydrogen-bond acceptors (Lipinski definition) is 6. The Morgan fingerprint density at radius 2 is 1.81 bits per heavy atom. The molecule has 0 unspecified atom stereocenters. The third-order valence-corrected chi connectivity index (χ3v) is 5.15. The highest BCUT2D eigenvalue weighted by molar-refractivity contribution is 5.98. The van der Waals surface area contributed by atoms with Gasteiger partial charge in [0.25, 0.3) is 0 Å². The summed E-state index contributed by atoms with van der Waals surface area (Å²) in [7, 11) is 2.06. The lowest BCUT2D eigenvalue weighted by Crippen LogP contribution is -2.45. The standard InChI is InChI=1S/C21H21F3N6O/c1-13(31)27-19-10-15-9-17(14-3-4-18(26-11-14)21(22,23)24)25-12-16(15)20(28-19)30-7-5-29(2)6-8-30/h3-4,9-12H,5-8H2,1-2H3,(H,27,28,31). The van der Waals surface area contributed by atoms with Crippen LogP contribution in [0, 0.1) is 0 Å². The van der Waals surface area contributed by atoms with Crippen molar-refractivity contribution in [3.63, 3.8) is 0 Å². The molecule has 1 aliphatic rings. The number of amides is 1. The first-order chi connectivity index (χ1) is 14.7. The first kappa shape index (κ1) is 21.0. The van der Waals surface area contributed by atoms with Crippen molar-refractivity contribution in [2.45, 2.75) is 13.1 Å². The average molecular weight is 430 g/mol. The van der Waals surface area contributed by atoms with Gasteiger partial charge >= 0.3 is 6.18 Å². The number of halogens is 3. The van der Waals surface area contributed by atoms with Gasteiger partial charge in [0.05, 0.1) is 5.69 Å². The molecule has 10 heteroatoms. The number of nitrogens with zero attached hydrogens (tertiary/aromatic N) is 5. The summed E-state index contributed by atoms with van der Waals surface area (Å²) in [5.74, 6) is 0.896. The second-order valence-electron chi connectivity index (χ2n) is 7.52. The first-order valence-corrected chi connectivity index (χ1v) is 9.76. The number of anilines is 2. The van der Waals surface area contributed by atoms with Crippen LogP contribution in [-0.2, 0) is 11.0 Å². The van der Waals surface area contributed by atoms with Crippen molar-refractivity contribution in [2.75, 3.05) is 43.4 Å². The molecule has 0 aliphatic carbocycles. The van der Waals surface area contributed by atoms with E-state index in [4.69, 9.17) is 0 Å². The van der Waals surface area contributed by atoms with Gasteiger partial charge in [0.2, 0.25) is 5.91 Å². The van der Waals surface area contributed by atoms with E-state index in [1.165, 1.54) is 13.0 Å². The molecule has 1 amide bonds. The quantitative estimate of drug-likeness (QED) is 0.687. The minimum absolute atomic E-state index is 0.239. The number of piperazine rings is 1. The number of fused-ring (bicyclic) bond motifs is 1. The lowest BCUT2D eigenvalue weighted by Gasteiger charge is -2.34. The molecule has 7 nitrogen and oxygen atoms in total. The maximum Gasteiger partial charge on any atom is 0.433 e. The molecule has 0 saturated carbocycles. The van der Waals surface area contributed by atoms with Crippen molar-refractivity contribution in [1.29, 1.82) is 0 Å². The van der Waals surface area contributed by atoms with Gasteiger partial charge in [-0.25, -0.2) is 4.98 Å². The molecule has 1 N–H and O–H groups in total. The normalized spacial score (nSPS) is 15.3. The number of rotatable bonds is 3. The van der Waals surface area contributed by atoms with Crippen LogP contribution in [0.15, 0.2) is 36.7 Å². The summed E-state index contributed by atoms with van der Waals surface area (Å²) in [6.45, 7) is 4.75. The maximum atomic E-state index is 12.8. The van der Waals surface area contributed by atoms with Crippen LogP contribution in [0.5, 0.6) is 0 Å². The van der Waals surface area contributed by atoms with Gasteiger partial charge in [-0.15, -0.1) is 0 Å². The molecule has 3 aromatic rings. The van der Waals surface area contributed by atoms with Crippen LogP contribution in [0.2, 0.25) is 0 Å². The van der Waals surface area contributed by atoms with E-state index in [0.29, 0.717) is 17.1 Å². The van der Waals surface area contributed by atoms with E-state index in [1.54, 1.807) is 18.3 Å². The zero-order chi connectivity index (χ0) is 22.2. The van der Waals surface area contributed by atoms with Crippen molar-refractivity contribution in [3.8, 4) is 11.3 Å². The van der Waals surface area contributed by atoms with E-state index in [1.807, 2.05) is 0 Å². The van der Waals surface area contributed by atoms with Gasteiger partial charge in [0, 0.05) is 56.4 Å². The van der Waals surface area contributed by atoms with Gasteiger partial charge in [-0.2, -0.15) is 13.2 Å². The smallest absolute Gasteiger partial charge is 0.353 e. The second-order valence-corrected chi connectivity index (χ2v) is 7.52. The van der Waals surface area contributed by atoms with Crippen LogP contribution < -0.4 is 10.2 Å². The Balaban J connectivity index is 1.76. The molecule has 0 spiro atoms. The molecule has 162 valence electrons. The molecule has 3 aromatic heterocycles. The van der Waals surface area contributed by atoms with Gasteiger partial charge in [-0.05, 0) is 36.7 Å². The van der Waals surface area contributed by atoms with E-state index < -0.39 is 11.9 Å². The van der Waals surface area contributed by atoms with Gasteiger partial charge in [0.15, 0.2) is 0 Å². The summed E-state index contributed by atoms with van der Waals surface area (Å²) in [6.07, 6.45) is -1.67. The lowest BCUT2D eigenvalue weighted by molar-refractivity contribution is -0.141. The number of likely N-dealkylation sites (N-methyl/N-ethyl adjacent to an activating group) is 1. The molecule has 1 fully saturated rings. The average Bonchev–Trinajstić information content (AvgIpc) is 2.72. The third kappa shape index (κ3) is 4.58. The zero-order valence-corrected chi connectivity index (χ0v) is 17.1. The topological polar surface area (TPSA) is 74.2 Å². The number of carbonyl (C=O) groups excluding carboxylic acids is 1. The van der Waals surface area contributed by atoms with Gasteiger partial charge in [0.1, 0.15) is 17.3 Å². The van der Waals surface area contributed by atoms with E-state index in [9.17, 15) is 18.0 Å². The Labute approximate surface area is 176 Å². The highest BCUT2D eigenvalue weighted by Gasteiger charge is 2.32. The minimum atomic E-state index is -4.49. The number of nitrogens with one attached hydrogen (secondary N) is 1. The second kappa shape index (κ2) is 8.10. The van der Waals surface area contributed by atoms with Crippen LogP contribution in [0.1, 0.15) is 12.6 Å². The van der Waals surface area contributed by atoms with Crippen molar-refractivity contribution in [1.82, 2.24) is 19.9 Å². The van der Waals surface area contributed by atoms with Crippen molar-refractivity contribution in [2.24, 2.45) is 0 Å². The molecule has 4 heterocycles. The molecule has 1 saturated heterocycles. The van der Waals surface area contributed by atoms with E-state index >= 15 is 0 Å². The highest BCUT2D eigenvalue weighted by Crippen LogP contribution is 2.32. The Morgan fingerprint density at radius 1 is 1.06 bits per heavy atom. The summed E-state index contributed by atoms with van der Waals surface area (Å²) in [4.78, 5) is 28.6. The minimum Gasteiger partial charge on any atom is -0.353 e. The summed E-state index contributed by atoms with van der Waals surface area (Å²) in [5, 5.41) is 4.31. The predicted octanol–water partition coefficient (Wildman–Crippen LogP) is 3.42. The lowest BCUT2D eigenvalue weighted by atomic mass is 10.1. The van der Waals surface area contributed by atoms with Crippen LogP contribution in [0.4, 0.5) is 24.8 Å². The van der Waals surface area contributed by atoms with E-state index in [-0.39, 0.29) is 5.91 Å². The molecule has 31 heavy (non-hydrogen) atoms. The van der Waals surface area contributed by atoms with E-state index in [0.717, 1.165) is 55.0 Å². The third-order valence-electron chi connectivity index (χ3n) is 5.15. The van der Waals surface area contributed by atoms with Crippen LogP contribution in [0.25, 0.3) is 22.0 Å². The first-order valence-electron chi connectivity index (χ1n) is 9.76. The fourth-order valence-corrected chi connectivity index (χ4v) is 3.51. The molecular weight excluding hydrogens is 409 g/mol. The monoisotopic (exact) mass is 430 g/mol. The number of carbonyl (C=O) groups is 1. The molecule has 0 radical (unpaired) electrons. The number of pyridine rings is 3. The SMILES string of the molecule is CC(=O)Nc1cc2cc(-c3ccc(C(F)(F)F)nc3)ncc2c(N2CCN(C)CC2)n1. The van der Waals surface area contributed by atoms with Crippen molar-refractivity contribution >= 4 is 28.3 Å².